The quantitative estimate of drug-likeness (QED) is 0.883. The van der Waals surface area contributed by atoms with Gasteiger partial charge in [0.25, 0.3) is 0 Å². The number of hydrogen-bond acceptors (Lipinski definition) is 3. The molecule has 0 atom stereocenters. The molecule has 5 heteroatoms. The van der Waals surface area contributed by atoms with Crippen LogP contribution in [0.2, 0.25) is 5.02 Å². The molecule has 0 aliphatic carbocycles. The molecule has 0 unspecified atom stereocenters. The van der Waals surface area contributed by atoms with Crippen molar-refractivity contribution >= 4 is 23.0 Å². The highest BCUT2D eigenvalue weighted by atomic mass is 35.5. The SMILES string of the molecule is CCCn1ccnc1CNc1cccc(Cl)c1N(C)C. The van der Waals surface area contributed by atoms with Gasteiger partial charge in [0.15, 0.2) is 0 Å². The summed E-state index contributed by atoms with van der Waals surface area (Å²) in [7, 11) is 3.98. The summed E-state index contributed by atoms with van der Waals surface area (Å²) in [6.45, 7) is 3.85. The van der Waals surface area contributed by atoms with E-state index in [1.807, 2.05) is 49.6 Å². The minimum Gasteiger partial charge on any atom is -0.376 e. The van der Waals surface area contributed by atoms with Crippen LogP contribution < -0.4 is 10.2 Å². The lowest BCUT2D eigenvalue weighted by Crippen LogP contribution is -2.14. The summed E-state index contributed by atoms with van der Waals surface area (Å²) in [5.74, 6) is 1.04. The number of rotatable bonds is 6. The summed E-state index contributed by atoms with van der Waals surface area (Å²) in [4.78, 5) is 6.42. The number of benzene rings is 1. The Morgan fingerprint density at radius 3 is 2.85 bits per heavy atom. The Hall–Kier alpha value is -1.68. The number of nitrogens with zero attached hydrogens (tertiary/aromatic N) is 3. The topological polar surface area (TPSA) is 33.1 Å². The van der Waals surface area contributed by atoms with Gasteiger partial charge in [-0.05, 0) is 18.6 Å². The van der Waals surface area contributed by atoms with E-state index in [2.05, 4.69) is 21.8 Å². The first kappa shape index (κ1) is 14.7. The van der Waals surface area contributed by atoms with Crippen molar-refractivity contribution in [2.45, 2.75) is 26.4 Å². The third-order valence-corrected chi connectivity index (χ3v) is 3.44. The summed E-state index contributed by atoms with van der Waals surface area (Å²) in [6.07, 6.45) is 4.96. The lowest BCUT2D eigenvalue weighted by molar-refractivity contribution is 0.644. The maximum absolute atomic E-state index is 6.26. The number of halogens is 1. The van der Waals surface area contributed by atoms with E-state index in [0.29, 0.717) is 6.54 Å². The Morgan fingerprint density at radius 2 is 2.15 bits per heavy atom. The Balaban J connectivity index is 2.15. The van der Waals surface area contributed by atoms with Crippen LogP contribution in [0.25, 0.3) is 0 Å². The predicted octanol–water partition coefficient (Wildman–Crippen LogP) is 3.62. The van der Waals surface area contributed by atoms with Crippen molar-refractivity contribution in [1.29, 1.82) is 0 Å². The molecule has 0 bridgehead atoms. The largest absolute Gasteiger partial charge is 0.376 e. The van der Waals surface area contributed by atoms with E-state index in [1.54, 1.807) is 0 Å². The van der Waals surface area contributed by atoms with Crippen LogP contribution in [0.15, 0.2) is 30.6 Å². The number of hydrogen-bond donors (Lipinski definition) is 1. The highest BCUT2D eigenvalue weighted by molar-refractivity contribution is 6.34. The maximum Gasteiger partial charge on any atom is 0.128 e. The minimum atomic E-state index is 0.689. The van der Waals surface area contributed by atoms with Gasteiger partial charge in [-0.2, -0.15) is 0 Å². The first-order valence-electron chi connectivity index (χ1n) is 6.83. The van der Waals surface area contributed by atoms with Crippen molar-refractivity contribution in [3.05, 3.63) is 41.4 Å². The van der Waals surface area contributed by atoms with Crippen molar-refractivity contribution in [3.8, 4) is 0 Å². The molecule has 0 saturated carbocycles. The van der Waals surface area contributed by atoms with Gasteiger partial charge in [0.1, 0.15) is 5.82 Å². The third kappa shape index (κ3) is 3.25. The van der Waals surface area contributed by atoms with E-state index < -0.39 is 0 Å². The molecule has 1 N–H and O–H groups in total. The monoisotopic (exact) mass is 292 g/mol. The zero-order valence-electron chi connectivity index (χ0n) is 12.2. The van der Waals surface area contributed by atoms with Crippen LogP contribution >= 0.6 is 11.6 Å². The van der Waals surface area contributed by atoms with Gasteiger partial charge in [-0.1, -0.05) is 24.6 Å². The van der Waals surface area contributed by atoms with Crippen LogP contribution in [0.5, 0.6) is 0 Å². The fourth-order valence-electron chi connectivity index (χ4n) is 2.24. The second-order valence-corrected chi connectivity index (χ2v) is 5.33. The molecule has 0 spiro atoms. The average Bonchev–Trinajstić information content (AvgIpc) is 2.84. The van der Waals surface area contributed by atoms with Gasteiger partial charge in [0.05, 0.1) is 22.9 Å². The molecular weight excluding hydrogens is 272 g/mol. The zero-order chi connectivity index (χ0) is 14.5. The van der Waals surface area contributed by atoms with Crippen LogP contribution in [0.1, 0.15) is 19.2 Å². The zero-order valence-corrected chi connectivity index (χ0v) is 13.0. The fraction of sp³-hybridized carbons (Fsp3) is 0.400. The van der Waals surface area contributed by atoms with E-state index in [1.165, 1.54) is 0 Å². The Bertz CT molecular complexity index is 563. The van der Waals surface area contributed by atoms with Gasteiger partial charge in [-0.3, -0.25) is 0 Å². The molecule has 2 aromatic rings. The average molecular weight is 293 g/mol. The normalized spacial score (nSPS) is 10.6. The molecule has 0 saturated heterocycles. The van der Waals surface area contributed by atoms with E-state index in [4.69, 9.17) is 11.6 Å². The lowest BCUT2D eigenvalue weighted by atomic mass is 10.2. The Morgan fingerprint density at radius 1 is 1.35 bits per heavy atom. The van der Waals surface area contributed by atoms with Crippen molar-refractivity contribution in [1.82, 2.24) is 9.55 Å². The summed E-state index contributed by atoms with van der Waals surface area (Å²) in [5, 5.41) is 4.17. The van der Waals surface area contributed by atoms with Crippen molar-refractivity contribution < 1.29 is 0 Å². The molecular formula is C15H21ClN4. The van der Waals surface area contributed by atoms with Crippen molar-refractivity contribution in [2.75, 3.05) is 24.3 Å². The second-order valence-electron chi connectivity index (χ2n) is 4.92. The van der Waals surface area contributed by atoms with Gasteiger partial charge in [-0.15, -0.1) is 0 Å². The van der Waals surface area contributed by atoms with E-state index in [9.17, 15) is 0 Å². The first-order chi connectivity index (χ1) is 9.63. The standard InChI is InChI=1S/C15H21ClN4/c1-4-9-20-10-8-17-14(20)11-18-13-7-5-6-12(16)15(13)19(2)3/h5-8,10,18H,4,9,11H2,1-3H3. The highest BCUT2D eigenvalue weighted by Crippen LogP contribution is 2.32. The molecule has 1 aromatic carbocycles. The van der Waals surface area contributed by atoms with Crippen LogP contribution in [0.3, 0.4) is 0 Å². The molecule has 4 nitrogen and oxygen atoms in total. The summed E-state index contributed by atoms with van der Waals surface area (Å²) >= 11 is 6.26. The van der Waals surface area contributed by atoms with Gasteiger partial charge in [0.2, 0.25) is 0 Å². The molecule has 20 heavy (non-hydrogen) atoms. The molecule has 0 amide bonds. The summed E-state index contributed by atoms with van der Waals surface area (Å²) in [5.41, 5.74) is 2.02. The maximum atomic E-state index is 6.26. The first-order valence-corrected chi connectivity index (χ1v) is 7.21. The summed E-state index contributed by atoms with van der Waals surface area (Å²) < 4.78 is 2.17. The molecule has 0 radical (unpaired) electrons. The molecule has 0 aliphatic rings. The summed E-state index contributed by atoms with van der Waals surface area (Å²) in [6, 6.07) is 5.89. The number of para-hydroxylation sites is 1. The molecule has 1 heterocycles. The molecule has 2 rings (SSSR count). The fourth-order valence-corrected chi connectivity index (χ4v) is 2.58. The number of aromatic nitrogens is 2. The number of anilines is 2. The van der Waals surface area contributed by atoms with Crippen LogP contribution in [-0.4, -0.2) is 23.6 Å². The van der Waals surface area contributed by atoms with E-state index >= 15 is 0 Å². The molecule has 1 aromatic heterocycles. The molecule has 0 aliphatic heterocycles. The smallest absolute Gasteiger partial charge is 0.128 e. The van der Waals surface area contributed by atoms with Gasteiger partial charge < -0.3 is 14.8 Å². The molecule has 0 fully saturated rings. The van der Waals surface area contributed by atoms with E-state index in [-0.39, 0.29) is 0 Å². The van der Waals surface area contributed by atoms with Crippen molar-refractivity contribution in [2.24, 2.45) is 0 Å². The van der Waals surface area contributed by atoms with Gasteiger partial charge in [-0.25, -0.2) is 4.98 Å². The van der Waals surface area contributed by atoms with Crippen LogP contribution in [-0.2, 0) is 13.1 Å². The van der Waals surface area contributed by atoms with Crippen LogP contribution in [0.4, 0.5) is 11.4 Å². The van der Waals surface area contributed by atoms with Crippen molar-refractivity contribution in [3.63, 3.8) is 0 Å². The minimum absolute atomic E-state index is 0.689. The number of imidazole rings is 1. The van der Waals surface area contributed by atoms with Gasteiger partial charge in [0, 0.05) is 33.0 Å². The van der Waals surface area contributed by atoms with Gasteiger partial charge >= 0.3 is 0 Å². The number of nitrogens with one attached hydrogen (secondary N) is 1. The van der Waals surface area contributed by atoms with Crippen LogP contribution in [0, 0.1) is 0 Å². The third-order valence-electron chi connectivity index (χ3n) is 3.14. The van der Waals surface area contributed by atoms with E-state index in [0.717, 1.165) is 35.2 Å². The Kier molecular flexibility index (Phi) is 4.90. The second kappa shape index (κ2) is 6.66. The number of aryl methyl sites for hydroxylation is 1. The molecule has 108 valence electrons. The Labute approximate surface area is 125 Å². The predicted molar refractivity (Wildman–Crippen MR) is 85.6 cm³/mol. The highest BCUT2D eigenvalue weighted by Gasteiger charge is 2.09. The lowest BCUT2D eigenvalue weighted by Gasteiger charge is -2.20.